The van der Waals surface area contributed by atoms with E-state index in [4.69, 9.17) is 9.05 Å². The van der Waals surface area contributed by atoms with Crippen molar-refractivity contribution in [3.8, 4) is 11.3 Å². The molecular weight excluding hydrogens is 402 g/mol. The second-order valence-corrected chi connectivity index (χ2v) is 6.32. The van der Waals surface area contributed by atoms with Crippen molar-refractivity contribution in [3.05, 3.63) is 75.1 Å². The van der Waals surface area contributed by atoms with Crippen molar-refractivity contribution in [2.75, 3.05) is 5.32 Å². The van der Waals surface area contributed by atoms with Crippen LogP contribution in [0.5, 0.6) is 0 Å². The highest BCUT2D eigenvalue weighted by Gasteiger charge is 2.19. The van der Waals surface area contributed by atoms with Crippen molar-refractivity contribution in [3.63, 3.8) is 0 Å². The van der Waals surface area contributed by atoms with E-state index in [1.165, 1.54) is 6.07 Å². The molecular formula is C18H10BrN3O4. The molecule has 2 aromatic carbocycles. The van der Waals surface area contributed by atoms with E-state index >= 15 is 0 Å². The number of aromatic nitrogens is 2. The largest absolute Gasteiger partial charge is 0.422 e. The van der Waals surface area contributed by atoms with Gasteiger partial charge < -0.3 is 9.73 Å². The lowest BCUT2D eigenvalue weighted by Gasteiger charge is -2.04. The highest BCUT2D eigenvalue weighted by molar-refractivity contribution is 9.10. The smallest absolute Gasteiger partial charge is 0.349 e. The van der Waals surface area contributed by atoms with Crippen LogP contribution in [0, 0.1) is 0 Å². The van der Waals surface area contributed by atoms with Crippen LogP contribution in [0.3, 0.4) is 0 Å². The Balaban J connectivity index is 1.68. The summed E-state index contributed by atoms with van der Waals surface area (Å²) in [5, 5.41) is 10.7. The molecule has 0 aliphatic heterocycles. The van der Waals surface area contributed by atoms with Gasteiger partial charge in [-0.3, -0.25) is 4.79 Å². The zero-order chi connectivity index (χ0) is 18.1. The van der Waals surface area contributed by atoms with Crippen LogP contribution in [0.4, 0.5) is 5.82 Å². The predicted molar refractivity (Wildman–Crippen MR) is 97.9 cm³/mol. The van der Waals surface area contributed by atoms with Gasteiger partial charge in [0, 0.05) is 15.4 Å². The van der Waals surface area contributed by atoms with Crippen LogP contribution in [0.1, 0.15) is 10.4 Å². The Kier molecular flexibility index (Phi) is 4.10. The van der Waals surface area contributed by atoms with Crippen LogP contribution in [0.25, 0.3) is 22.2 Å². The Labute approximate surface area is 154 Å². The Morgan fingerprint density at radius 2 is 1.81 bits per heavy atom. The van der Waals surface area contributed by atoms with Crippen molar-refractivity contribution < 1.29 is 13.8 Å². The maximum Gasteiger partial charge on any atom is 0.349 e. The Hall–Kier alpha value is -3.26. The second kappa shape index (κ2) is 6.57. The first kappa shape index (κ1) is 16.2. The number of fused-ring (bicyclic) bond motifs is 1. The Bertz CT molecular complexity index is 1160. The minimum absolute atomic E-state index is 0.116. The number of rotatable bonds is 3. The fraction of sp³-hybridized carbons (Fsp3) is 0. The van der Waals surface area contributed by atoms with Gasteiger partial charge in [0.1, 0.15) is 11.1 Å². The van der Waals surface area contributed by atoms with Gasteiger partial charge in [-0.1, -0.05) is 46.3 Å². The van der Waals surface area contributed by atoms with Crippen LogP contribution in [0.2, 0.25) is 0 Å². The number of para-hydroxylation sites is 1. The average Bonchev–Trinajstić information content (AvgIpc) is 3.09. The molecule has 0 bridgehead atoms. The van der Waals surface area contributed by atoms with Gasteiger partial charge in [0.05, 0.1) is 0 Å². The summed E-state index contributed by atoms with van der Waals surface area (Å²) in [5.74, 6) is -0.538. The number of hydrogen-bond donors (Lipinski definition) is 1. The Morgan fingerprint density at radius 1 is 1.04 bits per heavy atom. The van der Waals surface area contributed by atoms with Crippen LogP contribution in [-0.2, 0) is 0 Å². The number of benzene rings is 2. The van der Waals surface area contributed by atoms with Crippen molar-refractivity contribution in [2.24, 2.45) is 0 Å². The summed E-state index contributed by atoms with van der Waals surface area (Å²) < 4.78 is 10.8. The SMILES string of the molecule is O=C(Nc1nonc1-c1ccc(Br)cc1)c1cc2ccccc2oc1=O. The molecule has 26 heavy (non-hydrogen) atoms. The first-order valence-corrected chi connectivity index (χ1v) is 8.34. The van der Waals surface area contributed by atoms with E-state index in [0.29, 0.717) is 22.2 Å². The van der Waals surface area contributed by atoms with Gasteiger partial charge in [-0.2, -0.15) is 0 Å². The van der Waals surface area contributed by atoms with Crippen LogP contribution in [-0.4, -0.2) is 16.2 Å². The topological polar surface area (TPSA) is 98.2 Å². The number of halogens is 1. The number of anilines is 1. The first-order valence-electron chi connectivity index (χ1n) is 7.54. The molecule has 1 N–H and O–H groups in total. The molecule has 2 heterocycles. The number of nitrogens with one attached hydrogen (secondary N) is 1. The van der Waals surface area contributed by atoms with Gasteiger partial charge in [-0.05, 0) is 34.6 Å². The molecule has 0 saturated carbocycles. The van der Waals surface area contributed by atoms with Crippen molar-refractivity contribution >= 4 is 38.6 Å². The van der Waals surface area contributed by atoms with Gasteiger partial charge >= 0.3 is 5.63 Å². The predicted octanol–water partition coefficient (Wildman–Crippen LogP) is 3.86. The fourth-order valence-electron chi connectivity index (χ4n) is 2.46. The number of carbonyl (C=O) groups is 1. The molecule has 1 amide bonds. The molecule has 0 fully saturated rings. The monoisotopic (exact) mass is 411 g/mol. The third kappa shape index (κ3) is 3.02. The molecule has 4 aromatic rings. The van der Waals surface area contributed by atoms with Gasteiger partial charge in [-0.25, -0.2) is 9.42 Å². The van der Waals surface area contributed by atoms with E-state index < -0.39 is 11.5 Å². The fourth-order valence-corrected chi connectivity index (χ4v) is 2.73. The second-order valence-electron chi connectivity index (χ2n) is 5.41. The first-order chi connectivity index (χ1) is 12.6. The van der Waals surface area contributed by atoms with Crippen molar-refractivity contribution in [1.29, 1.82) is 0 Å². The molecule has 0 unspecified atom stereocenters. The Morgan fingerprint density at radius 3 is 2.62 bits per heavy atom. The molecule has 0 aliphatic rings. The molecule has 0 spiro atoms. The highest BCUT2D eigenvalue weighted by Crippen LogP contribution is 2.26. The van der Waals surface area contributed by atoms with E-state index in [1.807, 2.05) is 12.1 Å². The molecule has 2 aromatic heterocycles. The zero-order valence-corrected chi connectivity index (χ0v) is 14.7. The van der Waals surface area contributed by atoms with Gasteiger partial charge in [-0.15, -0.1) is 0 Å². The third-order valence-corrected chi connectivity index (χ3v) is 4.25. The lowest BCUT2D eigenvalue weighted by Crippen LogP contribution is -2.21. The summed E-state index contributed by atoms with van der Waals surface area (Å²) in [4.78, 5) is 24.6. The summed E-state index contributed by atoms with van der Waals surface area (Å²) in [6.07, 6.45) is 0. The lowest BCUT2D eigenvalue weighted by atomic mass is 10.1. The van der Waals surface area contributed by atoms with E-state index in [1.54, 1.807) is 36.4 Å². The summed E-state index contributed by atoms with van der Waals surface area (Å²) in [5.41, 5.74) is 0.607. The maximum absolute atomic E-state index is 12.5. The number of nitrogens with zero attached hydrogens (tertiary/aromatic N) is 2. The average molecular weight is 412 g/mol. The van der Waals surface area contributed by atoms with Gasteiger partial charge in [0.2, 0.25) is 5.82 Å². The summed E-state index contributed by atoms with van der Waals surface area (Å²) in [6, 6.07) is 15.7. The summed E-state index contributed by atoms with van der Waals surface area (Å²) in [6.45, 7) is 0. The minimum Gasteiger partial charge on any atom is -0.422 e. The van der Waals surface area contributed by atoms with Crippen LogP contribution >= 0.6 is 15.9 Å². The molecule has 0 aliphatic carbocycles. The van der Waals surface area contributed by atoms with Crippen LogP contribution < -0.4 is 10.9 Å². The van der Waals surface area contributed by atoms with Gasteiger partial charge in [0.15, 0.2) is 5.69 Å². The molecule has 128 valence electrons. The maximum atomic E-state index is 12.5. The number of carbonyl (C=O) groups excluding carboxylic acids is 1. The van der Waals surface area contributed by atoms with E-state index in [0.717, 1.165) is 4.47 Å². The van der Waals surface area contributed by atoms with Crippen molar-refractivity contribution in [1.82, 2.24) is 10.3 Å². The summed E-state index contributed by atoms with van der Waals surface area (Å²) >= 11 is 3.35. The third-order valence-electron chi connectivity index (χ3n) is 3.72. The molecule has 8 heteroatoms. The number of hydrogen-bond acceptors (Lipinski definition) is 6. The summed E-state index contributed by atoms with van der Waals surface area (Å²) in [7, 11) is 0. The number of amides is 1. The van der Waals surface area contributed by atoms with E-state index in [-0.39, 0.29) is 11.4 Å². The molecule has 0 atom stereocenters. The van der Waals surface area contributed by atoms with Crippen LogP contribution in [0.15, 0.2) is 72.9 Å². The lowest BCUT2D eigenvalue weighted by molar-refractivity contribution is 0.102. The normalized spacial score (nSPS) is 10.8. The van der Waals surface area contributed by atoms with E-state index in [9.17, 15) is 9.59 Å². The molecule has 0 saturated heterocycles. The standard InChI is InChI=1S/C18H10BrN3O4/c19-12-7-5-10(6-8-12)15-16(22-26-21-15)20-17(23)13-9-11-3-1-2-4-14(11)25-18(13)24/h1-9H,(H,20,22,23). The minimum atomic E-state index is -0.733. The zero-order valence-electron chi connectivity index (χ0n) is 13.1. The van der Waals surface area contributed by atoms with E-state index in [2.05, 4.69) is 31.6 Å². The molecule has 7 nitrogen and oxygen atoms in total. The molecule has 4 rings (SSSR count). The quantitative estimate of drug-likeness (QED) is 0.514. The highest BCUT2D eigenvalue weighted by atomic mass is 79.9. The van der Waals surface area contributed by atoms with Gasteiger partial charge in [0.25, 0.3) is 5.91 Å². The molecule has 0 radical (unpaired) electrons. The van der Waals surface area contributed by atoms with Crippen molar-refractivity contribution in [2.45, 2.75) is 0 Å².